The highest BCUT2D eigenvalue weighted by molar-refractivity contribution is 7.99. The average molecular weight is 277 g/mol. The third-order valence-electron chi connectivity index (χ3n) is 2.16. The first-order chi connectivity index (χ1) is 7.65. The number of halogens is 2. The number of anilines is 1. The molecular weight excluding hydrogens is 267 g/mol. The van der Waals surface area contributed by atoms with Crippen molar-refractivity contribution in [3.8, 4) is 0 Å². The van der Waals surface area contributed by atoms with Crippen molar-refractivity contribution in [2.24, 2.45) is 0 Å². The van der Waals surface area contributed by atoms with Gasteiger partial charge in [0.25, 0.3) is 0 Å². The van der Waals surface area contributed by atoms with E-state index < -0.39 is 0 Å². The number of hydrogen-bond acceptors (Lipinski definition) is 3. The molecule has 1 aromatic rings. The second-order valence-corrected chi connectivity index (χ2v) is 5.32. The van der Waals surface area contributed by atoms with Gasteiger partial charge in [-0.2, -0.15) is 0 Å². The molecule has 1 saturated heterocycles. The summed E-state index contributed by atoms with van der Waals surface area (Å²) in [5, 5.41) is 6.89. The monoisotopic (exact) mass is 276 g/mol. The maximum Gasteiger partial charge on any atom is 0.242 e. The van der Waals surface area contributed by atoms with Gasteiger partial charge in [0.05, 0.1) is 6.04 Å². The summed E-state index contributed by atoms with van der Waals surface area (Å²) in [6.45, 7) is 0. The lowest BCUT2D eigenvalue weighted by Crippen LogP contribution is -2.37. The highest BCUT2D eigenvalue weighted by Crippen LogP contribution is 2.23. The van der Waals surface area contributed by atoms with Crippen LogP contribution in [0.15, 0.2) is 18.2 Å². The summed E-state index contributed by atoms with van der Waals surface area (Å²) in [6.07, 6.45) is 0. The number of hydrogen-bond donors (Lipinski definition) is 2. The summed E-state index contributed by atoms with van der Waals surface area (Å²) in [4.78, 5) is 11.8. The van der Waals surface area contributed by atoms with Gasteiger partial charge in [-0.15, -0.1) is 11.8 Å². The Balaban J connectivity index is 2.05. The maximum absolute atomic E-state index is 11.8. The first kappa shape index (κ1) is 12.0. The predicted octanol–water partition coefficient (Wildman–Crippen LogP) is 2.59. The van der Waals surface area contributed by atoms with Crippen LogP contribution in [0.3, 0.4) is 0 Å². The van der Waals surface area contributed by atoms with Crippen LogP contribution >= 0.6 is 35.0 Å². The van der Waals surface area contributed by atoms with Crippen molar-refractivity contribution >= 4 is 46.6 Å². The molecule has 0 spiro atoms. The molecule has 2 rings (SSSR count). The average Bonchev–Trinajstić information content (AvgIpc) is 2.68. The lowest BCUT2D eigenvalue weighted by atomic mass is 10.2. The molecule has 0 saturated carbocycles. The van der Waals surface area contributed by atoms with Crippen molar-refractivity contribution < 1.29 is 4.79 Å². The van der Waals surface area contributed by atoms with Crippen molar-refractivity contribution in [1.82, 2.24) is 5.32 Å². The van der Waals surface area contributed by atoms with Crippen molar-refractivity contribution in [3.05, 3.63) is 28.2 Å². The third kappa shape index (κ3) is 3.04. The molecule has 0 aromatic heterocycles. The second-order valence-electron chi connectivity index (χ2n) is 3.42. The minimum Gasteiger partial charge on any atom is -0.325 e. The number of nitrogens with one attached hydrogen (secondary N) is 2. The van der Waals surface area contributed by atoms with E-state index in [9.17, 15) is 4.79 Å². The minimum absolute atomic E-state index is 0.0525. The van der Waals surface area contributed by atoms with E-state index >= 15 is 0 Å². The molecule has 0 aliphatic carbocycles. The normalized spacial score (nSPS) is 19.8. The topological polar surface area (TPSA) is 41.1 Å². The van der Waals surface area contributed by atoms with Crippen LogP contribution in [0.25, 0.3) is 0 Å². The second kappa shape index (κ2) is 5.27. The lowest BCUT2D eigenvalue weighted by molar-refractivity contribution is -0.117. The van der Waals surface area contributed by atoms with E-state index in [1.54, 1.807) is 30.0 Å². The molecule has 0 bridgehead atoms. The Hall–Kier alpha value is -0.420. The molecular formula is C10H10Cl2N2OS. The van der Waals surface area contributed by atoms with Gasteiger partial charge in [0.2, 0.25) is 5.91 Å². The predicted molar refractivity (Wildman–Crippen MR) is 69.3 cm³/mol. The van der Waals surface area contributed by atoms with E-state index in [0.717, 1.165) is 11.6 Å². The van der Waals surface area contributed by atoms with Gasteiger partial charge in [0.15, 0.2) is 0 Å². The first-order valence-electron chi connectivity index (χ1n) is 4.73. The van der Waals surface area contributed by atoms with Crippen LogP contribution in [0.4, 0.5) is 5.69 Å². The molecule has 1 fully saturated rings. The smallest absolute Gasteiger partial charge is 0.242 e. The minimum atomic E-state index is -0.136. The van der Waals surface area contributed by atoms with Gasteiger partial charge in [-0.1, -0.05) is 23.2 Å². The molecule has 2 N–H and O–H groups in total. The number of benzene rings is 1. The van der Waals surface area contributed by atoms with Gasteiger partial charge in [-0.3, -0.25) is 10.1 Å². The molecule has 16 heavy (non-hydrogen) atoms. The van der Waals surface area contributed by atoms with Crippen LogP contribution < -0.4 is 10.6 Å². The fourth-order valence-corrected chi connectivity index (χ4v) is 2.89. The summed E-state index contributed by atoms with van der Waals surface area (Å²) in [6, 6.07) is 4.84. The molecule has 0 radical (unpaired) electrons. The van der Waals surface area contributed by atoms with Crippen molar-refractivity contribution in [1.29, 1.82) is 0 Å². The molecule has 1 atom stereocenters. The molecule has 1 aromatic carbocycles. The Morgan fingerprint density at radius 1 is 1.38 bits per heavy atom. The first-order valence-corrected chi connectivity index (χ1v) is 6.64. The van der Waals surface area contributed by atoms with Crippen LogP contribution in [0, 0.1) is 0 Å². The van der Waals surface area contributed by atoms with E-state index in [2.05, 4.69) is 10.6 Å². The molecule has 1 amide bonds. The highest BCUT2D eigenvalue weighted by atomic mass is 35.5. The van der Waals surface area contributed by atoms with Crippen LogP contribution in [-0.4, -0.2) is 23.6 Å². The molecule has 1 unspecified atom stereocenters. The van der Waals surface area contributed by atoms with Crippen molar-refractivity contribution in [3.63, 3.8) is 0 Å². The van der Waals surface area contributed by atoms with Gasteiger partial charge >= 0.3 is 0 Å². The third-order valence-corrected chi connectivity index (χ3v) is 3.54. The Labute approximate surface area is 108 Å². The zero-order chi connectivity index (χ0) is 11.5. The van der Waals surface area contributed by atoms with Crippen molar-refractivity contribution in [2.45, 2.75) is 6.04 Å². The Morgan fingerprint density at radius 2 is 2.06 bits per heavy atom. The Morgan fingerprint density at radius 3 is 2.62 bits per heavy atom. The van der Waals surface area contributed by atoms with Gasteiger partial charge in [-0.25, -0.2) is 0 Å². The summed E-state index contributed by atoms with van der Waals surface area (Å²) in [5.41, 5.74) is 0.626. The number of carbonyl (C=O) groups excluding carboxylic acids is 1. The SMILES string of the molecule is O=C(Nc1cc(Cl)cc(Cl)c1)C1CSCN1. The number of amides is 1. The van der Waals surface area contributed by atoms with E-state index in [-0.39, 0.29) is 11.9 Å². The zero-order valence-electron chi connectivity index (χ0n) is 8.30. The summed E-state index contributed by atoms with van der Waals surface area (Å²) in [7, 11) is 0. The largest absolute Gasteiger partial charge is 0.325 e. The fraction of sp³-hybridized carbons (Fsp3) is 0.300. The van der Waals surface area contributed by atoms with Gasteiger partial charge in [0.1, 0.15) is 0 Å². The van der Waals surface area contributed by atoms with E-state index in [0.29, 0.717) is 15.7 Å². The van der Waals surface area contributed by atoms with Gasteiger partial charge in [0, 0.05) is 27.4 Å². The van der Waals surface area contributed by atoms with Gasteiger partial charge < -0.3 is 5.32 Å². The van der Waals surface area contributed by atoms with Gasteiger partial charge in [-0.05, 0) is 18.2 Å². The molecule has 3 nitrogen and oxygen atoms in total. The van der Waals surface area contributed by atoms with Crippen LogP contribution in [0.1, 0.15) is 0 Å². The fourth-order valence-electron chi connectivity index (χ4n) is 1.42. The Kier molecular flexibility index (Phi) is 3.97. The van der Waals surface area contributed by atoms with E-state index in [4.69, 9.17) is 23.2 Å². The molecule has 1 aliphatic rings. The maximum atomic E-state index is 11.8. The highest BCUT2D eigenvalue weighted by Gasteiger charge is 2.22. The van der Waals surface area contributed by atoms with Crippen molar-refractivity contribution in [2.75, 3.05) is 16.9 Å². The van der Waals surface area contributed by atoms with E-state index in [1.807, 2.05) is 0 Å². The molecule has 1 aliphatic heterocycles. The summed E-state index contributed by atoms with van der Waals surface area (Å²) >= 11 is 13.4. The van der Waals surface area contributed by atoms with E-state index in [1.165, 1.54) is 0 Å². The number of rotatable bonds is 2. The zero-order valence-corrected chi connectivity index (χ0v) is 10.6. The van der Waals surface area contributed by atoms with Crippen LogP contribution in [0.2, 0.25) is 10.0 Å². The molecule has 1 heterocycles. The molecule has 86 valence electrons. The summed E-state index contributed by atoms with van der Waals surface area (Å²) in [5.74, 6) is 1.55. The number of thioether (sulfide) groups is 1. The lowest BCUT2D eigenvalue weighted by Gasteiger charge is -2.10. The molecule has 6 heteroatoms. The quantitative estimate of drug-likeness (QED) is 0.873. The Bertz CT molecular complexity index is 388. The standard InChI is InChI=1S/C10H10Cl2N2OS/c11-6-1-7(12)3-8(2-6)14-10(15)9-4-16-5-13-9/h1-3,9,13H,4-5H2,(H,14,15). The van der Waals surface area contributed by atoms with Crippen LogP contribution in [-0.2, 0) is 4.79 Å². The summed E-state index contributed by atoms with van der Waals surface area (Å²) < 4.78 is 0. The number of carbonyl (C=O) groups is 1. The van der Waals surface area contributed by atoms with Crippen LogP contribution in [0.5, 0.6) is 0 Å².